The van der Waals surface area contributed by atoms with Gasteiger partial charge in [0.05, 0.1) is 66.2 Å². The van der Waals surface area contributed by atoms with Crippen LogP contribution in [0.4, 0.5) is 0 Å². The van der Waals surface area contributed by atoms with Crippen molar-refractivity contribution in [2.75, 3.05) is 7.11 Å². The molecule has 1 fully saturated rings. The van der Waals surface area contributed by atoms with Crippen molar-refractivity contribution in [1.82, 2.24) is 34.2 Å². The number of rotatable bonds is 8. The van der Waals surface area contributed by atoms with E-state index >= 15 is 0 Å². The van der Waals surface area contributed by atoms with Crippen LogP contribution in [-0.4, -0.2) is 41.3 Å². The Bertz CT molecular complexity index is 1630. The minimum absolute atomic E-state index is 0.244. The number of aryl methyl sites for hydroxylation is 1. The first kappa shape index (κ1) is 23.7. The lowest BCUT2D eigenvalue weighted by Crippen LogP contribution is -2.45. The van der Waals surface area contributed by atoms with Crippen LogP contribution < -0.4 is 9.47 Å². The van der Waals surface area contributed by atoms with Gasteiger partial charge in [-0.15, -0.1) is 5.10 Å². The molecule has 0 N–H and O–H groups in total. The highest BCUT2D eigenvalue weighted by Crippen LogP contribution is 2.46. The maximum atomic E-state index is 9.44. The van der Waals surface area contributed by atoms with Crippen molar-refractivity contribution in [2.24, 2.45) is 13.0 Å². The SMILES string of the molecule is COc1ccc(COc2nn(C)cc2-c2cn3nccc3c(-c3cnn(C4(CC#N)CC(C)C4)c3)n2)cc1. The number of hydrogen-bond donors (Lipinski definition) is 0. The molecular formula is C28H28N8O2. The van der Waals surface area contributed by atoms with E-state index in [0.717, 1.165) is 46.5 Å². The van der Waals surface area contributed by atoms with Gasteiger partial charge < -0.3 is 9.47 Å². The molecule has 1 saturated carbocycles. The summed E-state index contributed by atoms with van der Waals surface area (Å²) in [5.74, 6) is 1.87. The lowest BCUT2D eigenvalue weighted by Gasteiger charge is -2.45. The highest BCUT2D eigenvalue weighted by molar-refractivity contribution is 5.79. The van der Waals surface area contributed by atoms with Gasteiger partial charge in [0.25, 0.3) is 0 Å². The summed E-state index contributed by atoms with van der Waals surface area (Å²) in [7, 11) is 3.50. The van der Waals surface area contributed by atoms with E-state index < -0.39 is 0 Å². The zero-order valence-electron chi connectivity index (χ0n) is 21.6. The Hall–Kier alpha value is -4.65. The fourth-order valence-corrected chi connectivity index (χ4v) is 5.39. The minimum Gasteiger partial charge on any atom is -0.497 e. The van der Waals surface area contributed by atoms with Crippen molar-refractivity contribution < 1.29 is 9.47 Å². The summed E-state index contributed by atoms with van der Waals surface area (Å²) >= 11 is 0. The van der Waals surface area contributed by atoms with E-state index in [1.807, 2.05) is 71.4 Å². The molecule has 1 aliphatic carbocycles. The smallest absolute Gasteiger partial charge is 0.242 e. The summed E-state index contributed by atoms with van der Waals surface area (Å²) < 4.78 is 16.9. The molecule has 38 heavy (non-hydrogen) atoms. The standard InChI is InChI=1S/C28H28N8O2/c1-19-12-28(13-19,9-10-29)36-15-21(14-31-36)26-25-8-11-30-35(25)17-24(32-26)23-16-34(2)33-27(23)38-18-20-4-6-22(37-3)7-5-20/h4-8,11,14-17,19H,9,12-13,18H2,1-3H3. The average molecular weight is 509 g/mol. The highest BCUT2D eigenvalue weighted by Gasteiger charge is 2.44. The number of ether oxygens (including phenoxy) is 2. The first-order chi connectivity index (χ1) is 18.5. The number of nitrogens with zero attached hydrogens (tertiary/aromatic N) is 8. The number of aromatic nitrogens is 7. The molecule has 10 heteroatoms. The van der Waals surface area contributed by atoms with Crippen molar-refractivity contribution >= 4 is 5.52 Å². The van der Waals surface area contributed by atoms with Gasteiger partial charge in [-0.25, -0.2) is 9.50 Å². The van der Waals surface area contributed by atoms with E-state index in [1.165, 1.54) is 0 Å². The molecular weight excluding hydrogens is 480 g/mol. The number of fused-ring (bicyclic) bond motifs is 1. The maximum Gasteiger partial charge on any atom is 0.242 e. The zero-order chi connectivity index (χ0) is 26.3. The molecule has 1 aliphatic rings. The third-order valence-corrected chi connectivity index (χ3v) is 7.20. The van der Waals surface area contributed by atoms with Crippen LogP contribution in [0.1, 0.15) is 31.7 Å². The van der Waals surface area contributed by atoms with E-state index in [4.69, 9.17) is 14.5 Å². The highest BCUT2D eigenvalue weighted by atomic mass is 16.5. The van der Waals surface area contributed by atoms with Crippen LogP contribution in [-0.2, 0) is 19.2 Å². The van der Waals surface area contributed by atoms with E-state index in [9.17, 15) is 5.26 Å². The van der Waals surface area contributed by atoms with Crippen molar-refractivity contribution in [3.63, 3.8) is 0 Å². The molecule has 1 aromatic carbocycles. The summed E-state index contributed by atoms with van der Waals surface area (Å²) in [5, 5.41) is 23.1. The van der Waals surface area contributed by atoms with Crippen LogP contribution in [0.15, 0.2) is 61.3 Å². The Labute approximate surface area is 220 Å². The fraction of sp³-hybridized carbons (Fsp3) is 0.321. The van der Waals surface area contributed by atoms with E-state index in [2.05, 4.69) is 28.3 Å². The van der Waals surface area contributed by atoms with E-state index in [1.54, 1.807) is 18.0 Å². The topological polar surface area (TPSA) is 108 Å². The Balaban J connectivity index is 1.35. The van der Waals surface area contributed by atoms with Gasteiger partial charge in [-0.3, -0.25) is 9.36 Å². The fourth-order valence-electron chi connectivity index (χ4n) is 5.39. The molecule has 10 nitrogen and oxygen atoms in total. The van der Waals surface area contributed by atoms with Crippen LogP contribution in [0.5, 0.6) is 11.6 Å². The molecule has 4 aromatic heterocycles. The predicted octanol–water partition coefficient (Wildman–Crippen LogP) is 4.62. The normalized spacial score (nSPS) is 18.7. The first-order valence-corrected chi connectivity index (χ1v) is 12.5. The van der Waals surface area contributed by atoms with Gasteiger partial charge in [-0.1, -0.05) is 19.1 Å². The average Bonchev–Trinajstić information content (AvgIpc) is 3.66. The second-order valence-electron chi connectivity index (χ2n) is 10.0. The zero-order valence-corrected chi connectivity index (χ0v) is 21.6. The van der Waals surface area contributed by atoms with Crippen molar-refractivity contribution in [3.8, 4) is 40.2 Å². The molecule has 0 unspecified atom stereocenters. The Morgan fingerprint density at radius 1 is 1.11 bits per heavy atom. The molecule has 0 spiro atoms. The molecule has 5 aromatic rings. The number of nitriles is 1. The summed E-state index contributed by atoms with van der Waals surface area (Å²) in [6.45, 7) is 2.57. The molecule has 0 aliphatic heterocycles. The summed E-state index contributed by atoms with van der Waals surface area (Å²) in [4.78, 5) is 5.04. The van der Waals surface area contributed by atoms with Gasteiger partial charge in [0, 0.05) is 25.0 Å². The second-order valence-corrected chi connectivity index (χ2v) is 10.0. The van der Waals surface area contributed by atoms with E-state index in [0.29, 0.717) is 30.5 Å². The largest absolute Gasteiger partial charge is 0.497 e. The van der Waals surface area contributed by atoms with Gasteiger partial charge in [0.1, 0.15) is 12.4 Å². The van der Waals surface area contributed by atoms with Gasteiger partial charge in [-0.05, 0) is 42.5 Å². The molecule has 0 bridgehead atoms. The van der Waals surface area contributed by atoms with Crippen molar-refractivity contribution in [1.29, 1.82) is 5.26 Å². The van der Waals surface area contributed by atoms with E-state index in [-0.39, 0.29) is 5.54 Å². The molecule has 192 valence electrons. The monoisotopic (exact) mass is 508 g/mol. The Morgan fingerprint density at radius 3 is 2.66 bits per heavy atom. The Morgan fingerprint density at radius 2 is 1.92 bits per heavy atom. The van der Waals surface area contributed by atoms with Crippen LogP contribution in [0.25, 0.3) is 28.0 Å². The molecule has 0 radical (unpaired) electrons. The summed E-state index contributed by atoms with van der Waals surface area (Å²) in [6, 6.07) is 12.0. The lowest BCUT2D eigenvalue weighted by atomic mass is 9.67. The third-order valence-electron chi connectivity index (χ3n) is 7.20. The molecule has 4 heterocycles. The van der Waals surface area contributed by atoms with Gasteiger partial charge in [0.2, 0.25) is 5.88 Å². The van der Waals surface area contributed by atoms with Gasteiger partial charge in [-0.2, -0.15) is 15.5 Å². The number of benzene rings is 1. The lowest BCUT2D eigenvalue weighted by molar-refractivity contribution is 0.0682. The van der Waals surface area contributed by atoms with Gasteiger partial charge in [0.15, 0.2) is 0 Å². The molecule has 6 rings (SSSR count). The molecule has 0 amide bonds. The third kappa shape index (κ3) is 4.16. The van der Waals surface area contributed by atoms with Crippen LogP contribution in [0.2, 0.25) is 0 Å². The second kappa shape index (κ2) is 9.34. The first-order valence-electron chi connectivity index (χ1n) is 12.5. The summed E-state index contributed by atoms with van der Waals surface area (Å²) in [6.07, 6.45) is 11.7. The van der Waals surface area contributed by atoms with Crippen LogP contribution in [0.3, 0.4) is 0 Å². The predicted molar refractivity (Wildman–Crippen MR) is 140 cm³/mol. The quantitative estimate of drug-likeness (QED) is 0.301. The Kier molecular flexibility index (Phi) is 5.83. The van der Waals surface area contributed by atoms with Crippen molar-refractivity contribution in [2.45, 2.75) is 38.3 Å². The maximum absolute atomic E-state index is 9.44. The van der Waals surface area contributed by atoms with Crippen LogP contribution in [0, 0.1) is 17.2 Å². The van der Waals surface area contributed by atoms with Gasteiger partial charge >= 0.3 is 0 Å². The van der Waals surface area contributed by atoms with Crippen molar-refractivity contribution in [3.05, 3.63) is 66.9 Å². The number of methoxy groups -OCH3 is 1. The number of hydrogen-bond acceptors (Lipinski definition) is 7. The minimum atomic E-state index is -0.244. The summed E-state index contributed by atoms with van der Waals surface area (Å²) in [5.41, 5.74) is 4.71. The van der Waals surface area contributed by atoms with Crippen LogP contribution >= 0.6 is 0 Å². The molecule has 0 saturated heterocycles. The molecule has 0 atom stereocenters.